The lowest BCUT2D eigenvalue weighted by Crippen LogP contribution is -2.44. The number of carbonyl (C=O) groups is 1. The summed E-state index contributed by atoms with van der Waals surface area (Å²) in [6.07, 6.45) is 2.15. The zero-order valence-corrected chi connectivity index (χ0v) is 17.3. The molecule has 0 atom stereocenters. The fourth-order valence-electron chi connectivity index (χ4n) is 2.83. The van der Waals surface area contributed by atoms with E-state index in [2.05, 4.69) is 17.6 Å². The van der Waals surface area contributed by atoms with Crippen molar-refractivity contribution < 1.29 is 13.2 Å². The predicted molar refractivity (Wildman–Crippen MR) is 106 cm³/mol. The van der Waals surface area contributed by atoms with Crippen molar-refractivity contribution in [1.29, 1.82) is 0 Å². The summed E-state index contributed by atoms with van der Waals surface area (Å²) in [6, 6.07) is 6.17. The Labute approximate surface area is 167 Å². The van der Waals surface area contributed by atoms with E-state index >= 15 is 0 Å². The van der Waals surface area contributed by atoms with Gasteiger partial charge in [-0.1, -0.05) is 18.5 Å². The molecule has 1 fully saturated rings. The third-order valence-electron chi connectivity index (χ3n) is 4.30. The molecule has 0 radical (unpaired) electrons. The SMILES string of the molecule is CCCNCCNC(=O)C1CCN(S(=O)(=O)c2ccc(Cl)cc2)CC1.Cl. The standard InChI is InChI=1S/C17H26ClN3O3S.ClH/c1-2-9-19-10-11-20-17(22)14-7-12-21(13-8-14)25(23,24)16-5-3-15(18)4-6-16;/h3-6,14,19H,2,7-13H2,1H3,(H,20,22);1H. The van der Waals surface area contributed by atoms with Crippen molar-refractivity contribution in [3.63, 3.8) is 0 Å². The highest BCUT2D eigenvalue weighted by Crippen LogP contribution is 2.24. The fraction of sp³-hybridized carbons (Fsp3) is 0.588. The predicted octanol–water partition coefficient (Wildman–Crippen LogP) is 2.28. The third kappa shape index (κ3) is 6.39. The number of nitrogens with zero attached hydrogens (tertiary/aromatic N) is 1. The maximum absolute atomic E-state index is 12.6. The molecular weight excluding hydrogens is 397 g/mol. The van der Waals surface area contributed by atoms with Gasteiger partial charge in [0.05, 0.1) is 4.90 Å². The number of nitrogens with one attached hydrogen (secondary N) is 2. The molecule has 1 heterocycles. The van der Waals surface area contributed by atoms with Gasteiger partial charge in [-0.2, -0.15) is 4.31 Å². The lowest BCUT2D eigenvalue weighted by Gasteiger charge is -2.30. The number of piperidine rings is 1. The first-order chi connectivity index (χ1) is 11.9. The zero-order chi connectivity index (χ0) is 18.3. The van der Waals surface area contributed by atoms with Crippen LogP contribution in [0.15, 0.2) is 29.2 Å². The van der Waals surface area contributed by atoms with Crippen LogP contribution in [0.1, 0.15) is 26.2 Å². The van der Waals surface area contributed by atoms with Gasteiger partial charge in [0.15, 0.2) is 0 Å². The van der Waals surface area contributed by atoms with E-state index < -0.39 is 10.0 Å². The average Bonchev–Trinajstić information content (AvgIpc) is 2.62. The highest BCUT2D eigenvalue weighted by Gasteiger charge is 2.31. The third-order valence-corrected chi connectivity index (χ3v) is 6.47. The van der Waals surface area contributed by atoms with E-state index in [4.69, 9.17) is 11.6 Å². The summed E-state index contributed by atoms with van der Waals surface area (Å²) in [5.41, 5.74) is 0. The quantitative estimate of drug-likeness (QED) is 0.628. The van der Waals surface area contributed by atoms with Crippen LogP contribution in [-0.4, -0.2) is 51.4 Å². The van der Waals surface area contributed by atoms with Gasteiger partial charge in [-0.3, -0.25) is 4.79 Å². The van der Waals surface area contributed by atoms with Gasteiger partial charge in [-0.05, 0) is 50.1 Å². The molecule has 1 aliphatic rings. The largest absolute Gasteiger partial charge is 0.355 e. The van der Waals surface area contributed by atoms with E-state index in [0.29, 0.717) is 37.5 Å². The Morgan fingerprint density at radius 1 is 1.15 bits per heavy atom. The van der Waals surface area contributed by atoms with Gasteiger partial charge >= 0.3 is 0 Å². The lowest BCUT2D eigenvalue weighted by molar-refractivity contribution is -0.126. The van der Waals surface area contributed by atoms with Gasteiger partial charge in [0.2, 0.25) is 15.9 Å². The fourth-order valence-corrected chi connectivity index (χ4v) is 4.43. The Morgan fingerprint density at radius 3 is 2.35 bits per heavy atom. The molecule has 0 saturated carbocycles. The van der Waals surface area contributed by atoms with Crippen LogP contribution in [0, 0.1) is 5.92 Å². The summed E-state index contributed by atoms with van der Waals surface area (Å²) < 4.78 is 26.7. The Kier molecular flexibility index (Phi) is 9.89. The van der Waals surface area contributed by atoms with Crippen LogP contribution >= 0.6 is 24.0 Å². The molecule has 2 N–H and O–H groups in total. The monoisotopic (exact) mass is 423 g/mol. The molecule has 1 aliphatic heterocycles. The highest BCUT2D eigenvalue weighted by molar-refractivity contribution is 7.89. The average molecular weight is 424 g/mol. The summed E-state index contributed by atoms with van der Waals surface area (Å²) in [5.74, 6) is -0.107. The number of sulfonamides is 1. The normalized spacial score (nSPS) is 16.1. The molecular formula is C17H27Cl2N3O3S. The minimum Gasteiger partial charge on any atom is -0.355 e. The van der Waals surface area contributed by atoms with Crippen molar-refractivity contribution >= 4 is 39.9 Å². The zero-order valence-electron chi connectivity index (χ0n) is 14.9. The van der Waals surface area contributed by atoms with E-state index in [9.17, 15) is 13.2 Å². The Balaban J connectivity index is 0.00000338. The second-order valence-electron chi connectivity index (χ2n) is 6.17. The molecule has 1 amide bonds. The molecule has 0 spiro atoms. The van der Waals surface area contributed by atoms with Gasteiger partial charge in [0.25, 0.3) is 0 Å². The number of amides is 1. The number of carbonyl (C=O) groups excluding carboxylic acids is 1. The van der Waals surface area contributed by atoms with Crippen LogP contribution in [0.3, 0.4) is 0 Å². The number of benzene rings is 1. The van der Waals surface area contributed by atoms with Crippen molar-refractivity contribution in [3.8, 4) is 0 Å². The van der Waals surface area contributed by atoms with Crippen LogP contribution in [0.2, 0.25) is 5.02 Å². The van der Waals surface area contributed by atoms with Crippen molar-refractivity contribution in [2.45, 2.75) is 31.1 Å². The first-order valence-corrected chi connectivity index (χ1v) is 10.5. The minimum atomic E-state index is -3.52. The Morgan fingerprint density at radius 2 is 1.77 bits per heavy atom. The van der Waals surface area contributed by atoms with Gasteiger partial charge in [0, 0.05) is 37.1 Å². The van der Waals surface area contributed by atoms with Gasteiger partial charge in [-0.25, -0.2) is 8.42 Å². The van der Waals surface area contributed by atoms with Gasteiger partial charge in [0.1, 0.15) is 0 Å². The van der Waals surface area contributed by atoms with Crippen LogP contribution in [0.4, 0.5) is 0 Å². The van der Waals surface area contributed by atoms with Crippen LogP contribution < -0.4 is 10.6 Å². The highest BCUT2D eigenvalue weighted by atomic mass is 35.5. The van der Waals surface area contributed by atoms with Gasteiger partial charge < -0.3 is 10.6 Å². The second-order valence-corrected chi connectivity index (χ2v) is 8.55. The van der Waals surface area contributed by atoms with Crippen LogP contribution in [0.25, 0.3) is 0 Å². The maximum Gasteiger partial charge on any atom is 0.243 e. The molecule has 1 aromatic rings. The molecule has 9 heteroatoms. The number of rotatable bonds is 8. The van der Waals surface area contributed by atoms with Crippen molar-refractivity contribution in [3.05, 3.63) is 29.3 Å². The number of hydrogen-bond donors (Lipinski definition) is 2. The summed E-state index contributed by atoms with van der Waals surface area (Å²) in [7, 11) is -3.52. The Bertz CT molecular complexity index is 660. The van der Waals surface area contributed by atoms with Crippen molar-refractivity contribution in [2.24, 2.45) is 5.92 Å². The first kappa shape index (κ1) is 23.2. The summed E-state index contributed by atoms with van der Waals surface area (Å²) in [5, 5.41) is 6.65. The summed E-state index contributed by atoms with van der Waals surface area (Å²) in [4.78, 5) is 12.4. The molecule has 26 heavy (non-hydrogen) atoms. The summed E-state index contributed by atoms with van der Waals surface area (Å²) in [6.45, 7) is 5.11. The molecule has 1 saturated heterocycles. The lowest BCUT2D eigenvalue weighted by atomic mass is 9.97. The Hall–Kier alpha value is -0.860. The second kappa shape index (κ2) is 11.1. The smallest absolute Gasteiger partial charge is 0.243 e. The first-order valence-electron chi connectivity index (χ1n) is 8.69. The molecule has 6 nitrogen and oxygen atoms in total. The van der Waals surface area contributed by atoms with E-state index in [0.717, 1.165) is 19.5 Å². The molecule has 0 bridgehead atoms. The van der Waals surface area contributed by atoms with Gasteiger partial charge in [-0.15, -0.1) is 12.4 Å². The number of halogens is 2. The minimum absolute atomic E-state index is 0. The summed E-state index contributed by atoms with van der Waals surface area (Å²) >= 11 is 5.81. The molecule has 0 aliphatic carbocycles. The van der Waals surface area contributed by atoms with E-state index in [-0.39, 0.29) is 29.1 Å². The molecule has 0 aromatic heterocycles. The van der Waals surface area contributed by atoms with Crippen molar-refractivity contribution in [2.75, 3.05) is 32.7 Å². The molecule has 1 aromatic carbocycles. The van der Waals surface area contributed by atoms with Crippen molar-refractivity contribution in [1.82, 2.24) is 14.9 Å². The molecule has 0 unspecified atom stereocenters. The van der Waals surface area contributed by atoms with E-state index in [1.807, 2.05) is 0 Å². The van der Waals surface area contributed by atoms with E-state index in [1.165, 1.54) is 16.4 Å². The van der Waals surface area contributed by atoms with Crippen LogP contribution in [0.5, 0.6) is 0 Å². The van der Waals surface area contributed by atoms with E-state index in [1.54, 1.807) is 12.1 Å². The molecule has 2 rings (SSSR count). The van der Waals surface area contributed by atoms with Crippen LogP contribution in [-0.2, 0) is 14.8 Å². The molecule has 148 valence electrons. The maximum atomic E-state index is 12.6. The topological polar surface area (TPSA) is 78.5 Å². The number of hydrogen-bond acceptors (Lipinski definition) is 4.